The van der Waals surface area contributed by atoms with E-state index in [0.29, 0.717) is 31.1 Å². The standard InChI is InChI=1S/C19H22N4O2/c1-2-17-20-19(21-25-17)16-8-5-11-23(16)18(24)10-13-22-12-9-14-6-3-4-7-15(14)22/h3-4,6-7,9,12,16H,2,5,8,10-11,13H2,1H3. The zero-order chi connectivity index (χ0) is 17.2. The molecule has 6 heteroatoms. The lowest BCUT2D eigenvalue weighted by Gasteiger charge is -2.22. The third kappa shape index (κ3) is 3.04. The van der Waals surface area contributed by atoms with Crippen LogP contribution < -0.4 is 0 Å². The highest BCUT2D eigenvalue weighted by Gasteiger charge is 2.32. The van der Waals surface area contributed by atoms with E-state index < -0.39 is 0 Å². The molecule has 3 heterocycles. The normalized spacial score (nSPS) is 17.5. The van der Waals surface area contributed by atoms with Crippen LogP contribution in [0.25, 0.3) is 10.9 Å². The molecule has 1 amide bonds. The van der Waals surface area contributed by atoms with E-state index in [1.807, 2.05) is 30.2 Å². The molecule has 0 N–H and O–H groups in total. The van der Waals surface area contributed by atoms with Gasteiger partial charge in [0.2, 0.25) is 11.8 Å². The van der Waals surface area contributed by atoms with Crippen LogP contribution in [0.15, 0.2) is 41.1 Å². The van der Waals surface area contributed by atoms with Gasteiger partial charge in [-0.2, -0.15) is 4.98 Å². The molecule has 1 aromatic carbocycles. The van der Waals surface area contributed by atoms with Gasteiger partial charge in [-0.3, -0.25) is 4.79 Å². The number of hydrogen-bond donors (Lipinski definition) is 0. The Balaban J connectivity index is 1.45. The number of para-hydroxylation sites is 1. The van der Waals surface area contributed by atoms with Gasteiger partial charge in [0.05, 0.1) is 6.04 Å². The summed E-state index contributed by atoms with van der Waals surface area (Å²) >= 11 is 0. The molecule has 6 nitrogen and oxygen atoms in total. The predicted molar refractivity (Wildman–Crippen MR) is 93.9 cm³/mol. The van der Waals surface area contributed by atoms with Crippen molar-refractivity contribution in [2.45, 2.75) is 45.2 Å². The highest BCUT2D eigenvalue weighted by atomic mass is 16.5. The number of amides is 1. The minimum atomic E-state index is -0.0436. The summed E-state index contributed by atoms with van der Waals surface area (Å²) in [5, 5.41) is 5.27. The third-order valence-corrected chi connectivity index (χ3v) is 4.90. The molecule has 0 saturated carbocycles. The first-order chi connectivity index (χ1) is 12.3. The topological polar surface area (TPSA) is 64.2 Å². The Morgan fingerprint density at radius 1 is 1.32 bits per heavy atom. The maximum Gasteiger partial charge on any atom is 0.226 e. The summed E-state index contributed by atoms with van der Waals surface area (Å²) in [5.74, 6) is 1.44. The van der Waals surface area contributed by atoms with E-state index in [0.717, 1.165) is 19.4 Å². The van der Waals surface area contributed by atoms with Crippen LogP contribution in [0, 0.1) is 0 Å². The average Bonchev–Trinajstić information content (AvgIpc) is 3.37. The van der Waals surface area contributed by atoms with Crippen LogP contribution in [0.4, 0.5) is 0 Å². The van der Waals surface area contributed by atoms with Gasteiger partial charge in [-0.25, -0.2) is 0 Å². The maximum absolute atomic E-state index is 12.8. The van der Waals surface area contributed by atoms with Crippen LogP contribution in [0.3, 0.4) is 0 Å². The number of aryl methyl sites for hydroxylation is 2. The van der Waals surface area contributed by atoms with E-state index in [4.69, 9.17) is 4.52 Å². The first-order valence-electron chi connectivity index (χ1n) is 8.92. The largest absolute Gasteiger partial charge is 0.347 e. The predicted octanol–water partition coefficient (Wildman–Crippen LogP) is 3.34. The lowest BCUT2D eigenvalue weighted by atomic mass is 10.2. The van der Waals surface area contributed by atoms with E-state index in [-0.39, 0.29) is 11.9 Å². The van der Waals surface area contributed by atoms with Crippen LogP contribution in [-0.4, -0.2) is 32.1 Å². The van der Waals surface area contributed by atoms with Crippen molar-refractivity contribution in [3.05, 3.63) is 48.2 Å². The van der Waals surface area contributed by atoms with Crippen molar-refractivity contribution < 1.29 is 9.32 Å². The van der Waals surface area contributed by atoms with E-state index in [2.05, 4.69) is 32.9 Å². The first-order valence-corrected chi connectivity index (χ1v) is 8.92. The Kier molecular flexibility index (Phi) is 4.26. The number of hydrogen-bond acceptors (Lipinski definition) is 4. The summed E-state index contributed by atoms with van der Waals surface area (Å²) in [6.07, 6.45) is 5.13. The number of nitrogens with zero attached hydrogens (tertiary/aromatic N) is 4. The fraction of sp³-hybridized carbons (Fsp3) is 0.421. The molecule has 1 saturated heterocycles. The van der Waals surface area contributed by atoms with E-state index in [1.54, 1.807) is 0 Å². The molecule has 130 valence electrons. The van der Waals surface area contributed by atoms with Crippen LogP contribution >= 0.6 is 0 Å². The van der Waals surface area contributed by atoms with Gasteiger partial charge in [0.1, 0.15) is 0 Å². The molecule has 1 fully saturated rings. The smallest absolute Gasteiger partial charge is 0.226 e. The van der Waals surface area contributed by atoms with Crippen molar-refractivity contribution >= 4 is 16.8 Å². The van der Waals surface area contributed by atoms with E-state index in [9.17, 15) is 4.79 Å². The molecular formula is C19H22N4O2. The molecular weight excluding hydrogens is 316 g/mol. The Bertz CT molecular complexity index is 882. The quantitative estimate of drug-likeness (QED) is 0.716. The lowest BCUT2D eigenvalue weighted by Crippen LogP contribution is -2.31. The summed E-state index contributed by atoms with van der Waals surface area (Å²) in [7, 11) is 0. The van der Waals surface area contributed by atoms with Gasteiger partial charge in [-0.05, 0) is 30.4 Å². The van der Waals surface area contributed by atoms with Gasteiger partial charge in [0, 0.05) is 37.6 Å². The zero-order valence-corrected chi connectivity index (χ0v) is 14.4. The van der Waals surface area contributed by atoms with Crippen LogP contribution in [0.1, 0.15) is 43.9 Å². The van der Waals surface area contributed by atoms with Crippen molar-refractivity contribution in [2.75, 3.05) is 6.54 Å². The minimum absolute atomic E-state index is 0.0436. The Morgan fingerprint density at radius 2 is 2.20 bits per heavy atom. The molecule has 1 aliphatic heterocycles. The van der Waals surface area contributed by atoms with E-state index in [1.165, 1.54) is 10.9 Å². The highest BCUT2D eigenvalue weighted by Crippen LogP contribution is 2.31. The maximum atomic E-state index is 12.8. The Labute approximate surface area is 146 Å². The highest BCUT2D eigenvalue weighted by molar-refractivity contribution is 5.80. The molecule has 25 heavy (non-hydrogen) atoms. The second kappa shape index (κ2) is 6.70. The van der Waals surface area contributed by atoms with Gasteiger partial charge in [0.15, 0.2) is 5.82 Å². The van der Waals surface area contributed by atoms with Gasteiger partial charge >= 0.3 is 0 Å². The number of carbonyl (C=O) groups excluding carboxylic acids is 1. The summed E-state index contributed by atoms with van der Waals surface area (Å²) < 4.78 is 7.36. The third-order valence-electron chi connectivity index (χ3n) is 4.90. The monoisotopic (exact) mass is 338 g/mol. The molecule has 3 aromatic rings. The summed E-state index contributed by atoms with van der Waals surface area (Å²) in [5.41, 5.74) is 1.17. The fourth-order valence-corrected chi connectivity index (χ4v) is 3.58. The van der Waals surface area contributed by atoms with Crippen molar-refractivity contribution in [3.63, 3.8) is 0 Å². The molecule has 0 bridgehead atoms. The summed E-state index contributed by atoms with van der Waals surface area (Å²) in [6.45, 7) is 3.43. The van der Waals surface area contributed by atoms with Crippen LogP contribution in [-0.2, 0) is 17.8 Å². The lowest BCUT2D eigenvalue weighted by molar-refractivity contribution is -0.132. The molecule has 0 radical (unpaired) electrons. The second-order valence-electron chi connectivity index (χ2n) is 6.46. The number of likely N-dealkylation sites (tertiary alicyclic amines) is 1. The minimum Gasteiger partial charge on any atom is -0.347 e. The van der Waals surface area contributed by atoms with Crippen LogP contribution in [0.2, 0.25) is 0 Å². The zero-order valence-electron chi connectivity index (χ0n) is 14.4. The van der Waals surface area contributed by atoms with Gasteiger partial charge in [-0.1, -0.05) is 30.3 Å². The first kappa shape index (κ1) is 15.9. The van der Waals surface area contributed by atoms with Crippen molar-refractivity contribution in [3.8, 4) is 0 Å². The summed E-state index contributed by atoms with van der Waals surface area (Å²) in [6, 6.07) is 10.3. The molecule has 0 spiro atoms. The summed E-state index contributed by atoms with van der Waals surface area (Å²) in [4.78, 5) is 19.1. The molecule has 2 aromatic heterocycles. The van der Waals surface area contributed by atoms with Crippen molar-refractivity contribution in [2.24, 2.45) is 0 Å². The molecule has 4 rings (SSSR count). The Morgan fingerprint density at radius 3 is 3.04 bits per heavy atom. The van der Waals surface area contributed by atoms with E-state index >= 15 is 0 Å². The fourth-order valence-electron chi connectivity index (χ4n) is 3.58. The van der Waals surface area contributed by atoms with Gasteiger partial charge in [0.25, 0.3) is 0 Å². The number of benzene rings is 1. The van der Waals surface area contributed by atoms with Gasteiger partial charge < -0.3 is 14.0 Å². The number of aromatic nitrogens is 3. The second-order valence-corrected chi connectivity index (χ2v) is 6.46. The molecule has 1 aliphatic rings. The van der Waals surface area contributed by atoms with Crippen LogP contribution in [0.5, 0.6) is 0 Å². The molecule has 0 aliphatic carbocycles. The molecule has 1 atom stereocenters. The van der Waals surface area contributed by atoms with Crippen molar-refractivity contribution in [1.82, 2.24) is 19.6 Å². The average molecular weight is 338 g/mol. The van der Waals surface area contributed by atoms with Crippen molar-refractivity contribution in [1.29, 1.82) is 0 Å². The number of fused-ring (bicyclic) bond motifs is 1. The SMILES string of the molecule is CCc1nc(C2CCCN2C(=O)CCn2ccc3ccccc32)no1. The molecule has 1 unspecified atom stereocenters. The Hall–Kier alpha value is -2.63. The number of carbonyl (C=O) groups is 1. The van der Waals surface area contributed by atoms with Gasteiger partial charge in [-0.15, -0.1) is 0 Å². The number of rotatable bonds is 5.